The largest absolute Gasteiger partial charge is 0.465 e. The first-order chi connectivity index (χ1) is 11.6. The van der Waals surface area contributed by atoms with Gasteiger partial charge >= 0.3 is 12.0 Å². The van der Waals surface area contributed by atoms with Crippen molar-refractivity contribution in [3.05, 3.63) is 34.3 Å². The molecule has 1 N–H and O–H groups in total. The zero-order valence-corrected chi connectivity index (χ0v) is 14.5. The molecule has 3 rings (SSSR count). The summed E-state index contributed by atoms with van der Waals surface area (Å²) in [5, 5.41) is 10.6. The lowest BCUT2D eigenvalue weighted by Gasteiger charge is -2.32. The number of urea groups is 1. The molecule has 2 amide bonds. The van der Waals surface area contributed by atoms with Crippen molar-refractivity contribution in [2.75, 3.05) is 25.5 Å². The summed E-state index contributed by atoms with van der Waals surface area (Å²) in [4.78, 5) is 26.0. The van der Waals surface area contributed by atoms with Crippen molar-refractivity contribution < 1.29 is 14.3 Å². The van der Waals surface area contributed by atoms with Gasteiger partial charge in [-0.05, 0) is 25.3 Å². The summed E-state index contributed by atoms with van der Waals surface area (Å²) in [5.74, 6) is -0.449. The first-order valence-corrected chi connectivity index (χ1v) is 8.74. The van der Waals surface area contributed by atoms with Gasteiger partial charge in [-0.3, -0.25) is 4.68 Å². The Morgan fingerprint density at radius 3 is 2.96 bits per heavy atom. The maximum Gasteiger partial charge on any atom is 0.340 e. The number of nitrogens with one attached hydrogen (secondary N) is 1. The van der Waals surface area contributed by atoms with Gasteiger partial charge in [0.25, 0.3) is 0 Å². The molecule has 0 spiro atoms. The summed E-state index contributed by atoms with van der Waals surface area (Å²) < 4.78 is 6.66. The molecule has 0 unspecified atom stereocenters. The number of ether oxygens (including phenoxy) is 1. The van der Waals surface area contributed by atoms with Crippen LogP contribution in [0, 0.1) is 6.92 Å². The third-order valence-electron chi connectivity index (χ3n) is 4.10. The van der Waals surface area contributed by atoms with Crippen molar-refractivity contribution in [1.29, 1.82) is 0 Å². The zero-order chi connectivity index (χ0) is 17.1. The predicted octanol–water partition coefficient (Wildman–Crippen LogP) is 2.91. The highest BCUT2D eigenvalue weighted by Crippen LogP contribution is 2.25. The molecule has 0 bridgehead atoms. The van der Waals surface area contributed by atoms with E-state index in [1.807, 2.05) is 24.0 Å². The normalized spacial score (nSPS) is 17.6. The molecule has 0 aromatic carbocycles. The van der Waals surface area contributed by atoms with Crippen LogP contribution in [0.3, 0.4) is 0 Å². The van der Waals surface area contributed by atoms with Gasteiger partial charge in [0, 0.05) is 30.0 Å². The molecule has 0 aliphatic carbocycles. The van der Waals surface area contributed by atoms with Gasteiger partial charge in [-0.1, -0.05) is 0 Å². The van der Waals surface area contributed by atoms with Crippen LogP contribution in [-0.2, 0) is 4.74 Å². The molecule has 1 aliphatic heterocycles. The van der Waals surface area contributed by atoms with Crippen LogP contribution in [0.2, 0.25) is 0 Å². The molecule has 1 atom stereocenters. The Bertz CT molecular complexity index is 739. The van der Waals surface area contributed by atoms with E-state index in [1.165, 1.54) is 18.4 Å². The van der Waals surface area contributed by atoms with Crippen LogP contribution in [0.4, 0.5) is 10.5 Å². The quantitative estimate of drug-likeness (QED) is 0.865. The van der Waals surface area contributed by atoms with Crippen LogP contribution < -0.4 is 5.32 Å². The van der Waals surface area contributed by atoms with E-state index in [0.717, 1.165) is 18.4 Å². The second-order valence-corrected chi connectivity index (χ2v) is 6.60. The van der Waals surface area contributed by atoms with Gasteiger partial charge in [0.1, 0.15) is 0 Å². The molecule has 24 heavy (non-hydrogen) atoms. The molecule has 1 saturated heterocycles. The van der Waals surface area contributed by atoms with E-state index in [0.29, 0.717) is 24.3 Å². The van der Waals surface area contributed by atoms with Gasteiger partial charge in [-0.25, -0.2) is 9.59 Å². The Morgan fingerprint density at radius 2 is 2.25 bits per heavy atom. The monoisotopic (exact) mass is 348 g/mol. The molecule has 128 valence electrons. The summed E-state index contributed by atoms with van der Waals surface area (Å²) >= 11 is 1.35. The van der Waals surface area contributed by atoms with E-state index in [1.54, 1.807) is 15.7 Å². The van der Waals surface area contributed by atoms with E-state index < -0.39 is 5.97 Å². The molecule has 7 nitrogen and oxygen atoms in total. The molecule has 1 aliphatic rings. The standard InChI is InChI=1S/C16H20N4O3S/c1-11-6-17-20(7-11)12-4-3-5-19(8-12)16(22)18-14-10-24-9-13(14)15(21)23-2/h6-7,9-10,12H,3-5,8H2,1-2H3,(H,18,22)/t12-/m1/s1. The maximum absolute atomic E-state index is 12.5. The lowest BCUT2D eigenvalue weighted by molar-refractivity contribution is 0.0602. The highest BCUT2D eigenvalue weighted by molar-refractivity contribution is 7.08. The van der Waals surface area contributed by atoms with Gasteiger partial charge < -0.3 is 15.0 Å². The number of carbonyl (C=O) groups is 2. The summed E-state index contributed by atoms with van der Waals surface area (Å²) in [6, 6.07) is -0.0205. The van der Waals surface area contributed by atoms with E-state index >= 15 is 0 Å². The third kappa shape index (κ3) is 3.43. The van der Waals surface area contributed by atoms with Gasteiger partial charge in [0.15, 0.2) is 0 Å². The maximum atomic E-state index is 12.5. The van der Waals surface area contributed by atoms with Gasteiger partial charge in [0.2, 0.25) is 0 Å². The van der Waals surface area contributed by atoms with E-state index in [-0.39, 0.29) is 12.1 Å². The number of likely N-dealkylation sites (tertiary alicyclic amines) is 1. The van der Waals surface area contributed by atoms with Crippen LogP contribution >= 0.6 is 11.3 Å². The highest BCUT2D eigenvalue weighted by atomic mass is 32.1. The number of hydrogen-bond donors (Lipinski definition) is 1. The topological polar surface area (TPSA) is 76.5 Å². The van der Waals surface area contributed by atoms with Crippen LogP contribution in [0.15, 0.2) is 23.2 Å². The second kappa shape index (κ2) is 7.04. The van der Waals surface area contributed by atoms with E-state index in [4.69, 9.17) is 4.74 Å². The number of amides is 2. The summed E-state index contributed by atoms with van der Waals surface area (Å²) in [7, 11) is 1.33. The van der Waals surface area contributed by atoms with Crippen LogP contribution in [0.25, 0.3) is 0 Å². The van der Waals surface area contributed by atoms with E-state index in [2.05, 4.69) is 10.4 Å². The van der Waals surface area contributed by atoms with E-state index in [9.17, 15) is 9.59 Å². The molecule has 2 aromatic heterocycles. The summed E-state index contributed by atoms with van der Waals surface area (Å²) in [6.45, 7) is 3.30. The number of rotatable bonds is 3. The SMILES string of the molecule is COC(=O)c1cscc1NC(=O)N1CCC[C@@H](n2cc(C)cn2)C1. The van der Waals surface area contributed by atoms with Crippen molar-refractivity contribution in [1.82, 2.24) is 14.7 Å². The fraction of sp³-hybridized carbons (Fsp3) is 0.438. The minimum absolute atomic E-state index is 0.181. The Kier molecular flexibility index (Phi) is 4.84. The predicted molar refractivity (Wildman–Crippen MR) is 91.5 cm³/mol. The van der Waals surface area contributed by atoms with Crippen molar-refractivity contribution in [3.8, 4) is 0 Å². The minimum Gasteiger partial charge on any atom is -0.465 e. The Hall–Kier alpha value is -2.35. The fourth-order valence-corrected chi connectivity index (χ4v) is 3.59. The zero-order valence-electron chi connectivity index (χ0n) is 13.7. The van der Waals surface area contributed by atoms with Gasteiger partial charge in [0.05, 0.1) is 30.6 Å². The molecule has 1 fully saturated rings. The Balaban J connectivity index is 1.67. The number of methoxy groups -OCH3 is 1. The number of anilines is 1. The second-order valence-electron chi connectivity index (χ2n) is 5.86. The van der Waals surface area contributed by atoms with Crippen LogP contribution in [0.5, 0.6) is 0 Å². The van der Waals surface area contributed by atoms with Crippen molar-refractivity contribution in [2.24, 2.45) is 0 Å². The average Bonchev–Trinajstić information content (AvgIpc) is 3.23. The lowest BCUT2D eigenvalue weighted by Crippen LogP contribution is -2.43. The highest BCUT2D eigenvalue weighted by Gasteiger charge is 2.26. The van der Waals surface area contributed by atoms with Crippen molar-refractivity contribution in [2.45, 2.75) is 25.8 Å². The molecule has 0 radical (unpaired) electrons. The number of carbonyl (C=O) groups excluding carboxylic acids is 2. The van der Waals surface area contributed by atoms with Crippen molar-refractivity contribution in [3.63, 3.8) is 0 Å². The summed E-state index contributed by atoms with van der Waals surface area (Å²) in [5.41, 5.74) is 1.98. The first-order valence-electron chi connectivity index (χ1n) is 7.79. The van der Waals surface area contributed by atoms with Gasteiger partial charge in [-0.15, -0.1) is 11.3 Å². The number of nitrogens with zero attached hydrogens (tertiary/aromatic N) is 3. The number of aryl methyl sites for hydroxylation is 1. The molecule has 3 heterocycles. The number of hydrogen-bond acceptors (Lipinski definition) is 5. The molecule has 2 aromatic rings. The average molecular weight is 348 g/mol. The molecule has 8 heteroatoms. The summed E-state index contributed by atoms with van der Waals surface area (Å²) in [6.07, 6.45) is 5.74. The van der Waals surface area contributed by atoms with Crippen LogP contribution in [0.1, 0.15) is 34.8 Å². The fourth-order valence-electron chi connectivity index (χ4n) is 2.84. The molecular formula is C16H20N4O3S. The van der Waals surface area contributed by atoms with Crippen molar-refractivity contribution >= 4 is 29.0 Å². The lowest BCUT2D eigenvalue weighted by atomic mass is 10.1. The molecule has 0 saturated carbocycles. The Labute approximate surface area is 144 Å². The Morgan fingerprint density at radius 1 is 1.42 bits per heavy atom. The van der Waals surface area contributed by atoms with Crippen LogP contribution in [-0.4, -0.2) is 46.9 Å². The first kappa shape index (κ1) is 16.5. The number of thiophene rings is 1. The number of aromatic nitrogens is 2. The van der Waals surface area contributed by atoms with Gasteiger partial charge in [-0.2, -0.15) is 5.10 Å². The third-order valence-corrected chi connectivity index (χ3v) is 4.84. The smallest absolute Gasteiger partial charge is 0.340 e. The number of piperidine rings is 1. The number of esters is 1. The minimum atomic E-state index is -0.449. The molecular weight excluding hydrogens is 328 g/mol.